The smallest absolute Gasteiger partial charge is 0.251 e. The molecule has 2 amide bonds. The van der Waals surface area contributed by atoms with Crippen LogP contribution in [-0.2, 0) is 16.1 Å². The quantitative estimate of drug-likeness (QED) is 0.827. The Labute approximate surface area is 134 Å². The molecular weight excluding hydrogens is 296 g/mol. The molecule has 0 bridgehead atoms. The number of nitrogens with one attached hydrogen (secondary N) is 1. The molecule has 1 atom stereocenters. The van der Waals surface area contributed by atoms with Crippen molar-refractivity contribution >= 4 is 17.5 Å². The van der Waals surface area contributed by atoms with Crippen LogP contribution in [0.2, 0.25) is 0 Å². The van der Waals surface area contributed by atoms with Gasteiger partial charge in [0.15, 0.2) is 0 Å². The maximum absolute atomic E-state index is 12.5. The third-order valence-electron chi connectivity index (χ3n) is 3.64. The highest BCUT2D eigenvalue weighted by molar-refractivity contribution is 6.22. The molecular formula is C17H18N2O4. The van der Waals surface area contributed by atoms with Gasteiger partial charge in [0.25, 0.3) is 5.91 Å². The lowest BCUT2D eigenvalue weighted by Gasteiger charge is -2.16. The van der Waals surface area contributed by atoms with E-state index in [4.69, 9.17) is 9.15 Å². The predicted molar refractivity (Wildman–Crippen MR) is 84.1 cm³/mol. The van der Waals surface area contributed by atoms with E-state index >= 15 is 0 Å². The number of hydrogen-bond acceptors (Lipinski definition) is 5. The third kappa shape index (κ3) is 3.27. The summed E-state index contributed by atoms with van der Waals surface area (Å²) in [7, 11) is 0. The lowest BCUT2D eigenvalue weighted by Crippen LogP contribution is -2.38. The summed E-state index contributed by atoms with van der Waals surface area (Å²) in [6, 6.07) is 10.1. The van der Waals surface area contributed by atoms with Crippen molar-refractivity contribution in [2.45, 2.75) is 25.9 Å². The zero-order valence-electron chi connectivity index (χ0n) is 12.8. The van der Waals surface area contributed by atoms with E-state index < -0.39 is 6.04 Å². The van der Waals surface area contributed by atoms with Gasteiger partial charge < -0.3 is 9.15 Å². The normalized spacial score (nSPS) is 17.8. The number of amides is 2. The number of carbonyl (C=O) groups excluding carboxylic acids is 2. The average Bonchev–Trinajstić information content (AvgIpc) is 3.14. The van der Waals surface area contributed by atoms with Crippen LogP contribution in [0, 0.1) is 0 Å². The second-order valence-corrected chi connectivity index (χ2v) is 5.21. The molecule has 0 radical (unpaired) electrons. The minimum absolute atomic E-state index is 0.137. The largest absolute Gasteiger partial charge is 0.494 e. The Morgan fingerprint density at radius 3 is 2.91 bits per heavy atom. The number of nitrogens with zero attached hydrogens (tertiary/aromatic N) is 1. The number of anilines is 1. The van der Waals surface area contributed by atoms with Gasteiger partial charge in [0.05, 0.1) is 37.6 Å². The zero-order chi connectivity index (χ0) is 16.2. The Morgan fingerprint density at radius 1 is 1.30 bits per heavy atom. The molecule has 0 aliphatic carbocycles. The number of imide groups is 1. The molecule has 23 heavy (non-hydrogen) atoms. The number of furan rings is 1. The maximum Gasteiger partial charge on any atom is 0.251 e. The van der Waals surface area contributed by atoms with Gasteiger partial charge in [0.1, 0.15) is 11.5 Å². The van der Waals surface area contributed by atoms with Gasteiger partial charge in [0, 0.05) is 6.07 Å². The fraction of sp³-hybridized carbons (Fsp3) is 0.294. The predicted octanol–water partition coefficient (Wildman–Crippen LogP) is 2.10. The van der Waals surface area contributed by atoms with Crippen molar-refractivity contribution in [2.24, 2.45) is 0 Å². The highest BCUT2D eigenvalue weighted by Gasteiger charge is 2.39. The van der Waals surface area contributed by atoms with Gasteiger partial charge in [-0.2, -0.15) is 0 Å². The number of ether oxygens (including phenoxy) is 1. The van der Waals surface area contributed by atoms with Crippen LogP contribution in [0.3, 0.4) is 0 Å². The van der Waals surface area contributed by atoms with E-state index in [2.05, 4.69) is 5.32 Å². The molecule has 0 unspecified atom stereocenters. The maximum atomic E-state index is 12.5. The van der Waals surface area contributed by atoms with E-state index in [1.165, 1.54) is 4.90 Å². The molecule has 2 heterocycles. The van der Waals surface area contributed by atoms with Crippen molar-refractivity contribution in [1.29, 1.82) is 0 Å². The summed E-state index contributed by atoms with van der Waals surface area (Å²) in [5.41, 5.74) is 0.535. The second kappa shape index (κ2) is 6.66. The lowest BCUT2D eigenvalue weighted by molar-refractivity contribution is -0.121. The minimum atomic E-state index is -0.539. The molecule has 1 aliphatic rings. The molecule has 1 N–H and O–H groups in total. The van der Waals surface area contributed by atoms with E-state index in [1.54, 1.807) is 36.6 Å². The fourth-order valence-corrected chi connectivity index (χ4v) is 2.58. The Balaban J connectivity index is 1.72. The molecule has 6 heteroatoms. The molecule has 0 spiro atoms. The first-order chi connectivity index (χ1) is 11.2. The number of carbonyl (C=O) groups is 2. The number of benzene rings is 1. The molecule has 1 aliphatic heterocycles. The van der Waals surface area contributed by atoms with Crippen molar-refractivity contribution < 1.29 is 18.7 Å². The molecule has 6 nitrogen and oxygen atoms in total. The summed E-state index contributed by atoms with van der Waals surface area (Å²) in [4.78, 5) is 26.0. The first-order valence-electron chi connectivity index (χ1n) is 7.54. The Morgan fingerprint density at radius 2 is 2.17 bits per heavy atom. The summed E-state index contributed by atoms with van der Waals surface area (Å²) >= 11 is 0. The highest BCUT2D eigenvalue weighted by atomic mass is 16.5. The number of hydrogen-bond donors (Lipinski definition) is 1. The summed E-state index contributed by atoms with van der Waals surface area (Å²) in [6.45, 7) is 2.82. The van der Waals surface area contributed by atoms with Crippen LogP contribution in [0.5, 0.6) is 5.75 Å². The summed E-state index contributed by atoms with van der Waals surface area (Å²) in [5, 5.41) is 3.07. The second-order valence-electron chi connectivity index (χ2n) is 5.21. The Bertz CT molecular complexity index is 696. The van der Waals surface area contributed by atoms with E-state index in [0.717, 1.165) is 5.76 Å². The van der Waals surface area contributed by atoms with Gasteiger partial charge in [-0.25, -0.2) is 4.90 Å². The standard InChI is InChI=1S/C17H18N2O4/c1-2-22-13-6-3-5-12(9-13)19-16(20)10-15(17(19)21)18-11-14-7-4-8-23-14/h3-9,15,18H,2,10-11H2,1H3/t15-/m0/s1. The lowest BCUT2D eigenvalue weighted by atomic mass is 10.2. The van der Waals surface area contributed by atoms with Gasteiger partial charge in [-0.3, -0.25) is 14.9 Å². The molecule has 3 rings (SSSR count). The Kier molecular flexibility index (Phi) is 4.43. The molecule has 120 valence electrons. The van der Waals surface area contributed by atoms with Crippen molar-refractivity contribution in [3.63, 3.8) is 0 Å². The van der Waals surface area contributed by atoms with Gasteiger partial charge in [0.2, 0.25) is 5.91 Å². The first-order valence-corrected chi connectivity index (χ1v) is 7.54. The van der Waals surface area contributed by atoms with Crippen molar-refractivity contribution in [3.05, 3.63) is 48.4 Å². The SMILES string of the molecule is CCOc1cccc(N2C(=O)C[C@H](NCc3ccco3)C2=O)c1. The monoisotopic (exact) mass is 314 g/mol. The van der Waals surface area contributed by atoms with Gasteiger partial charge in [-0.15, -0.1) is 0 Å². The minimum Gasteiger partial charge on any atom is -0.494 e. The van der Waals surface area contributed by atoms with Crippen LogP contribution in [0.4, 0.5) is 5.69 Å². The Hall–Kier alpha value is -2.60. The van der Waals surface area contributed by atoms with E-state index in [0.29, 0.717) is 24.6 Å². The van der Waals surface area contributed by atoms with Crippen LogP contribution in [0.15, 0.2) is 47.1 Å². The van der Waals surface area contributed by atoms with Crippen LogP contribution >= 0.6 is 0 Å². The topological polar surface area (TPSA) is 71.8 Å². The summed E-state index contributed by atoms with van der Waals surface area (Å²) in [6.07, 6.45) is 1.71. The van der Waals surface area contributed by atoms with Crippen LogP contribution < -0.4 is 15.0 Å². The summed E-state index contributed by atoms with van der Waals surface area (Å²) < 4.78 is 10.6. The van der Waals surface area contributed by atoms with Crippen LogP contribution in [-0.4, -0.2) is 24.5 Å². The first kappa shape index (κ1) is 15.3. The average molecular weight is 314 g/mol. The van der Waals surface area contributed by atoms with E-state index in [-0.39, 0.29) is 18.2 Å². The fourth-order valence-electron chi connectivity index (χ4n) is 2.58. The molecule has 1 aromatic carbocycles. The van der Waals surface area contributed by atoms with E-state index in [1.807, 2.05) is 13.0 Å². The molecule has 1 fully saturated rings. The van der Waals surface area contributed by atoms with Crippen molar-refractivity contribution in [2.75, 3.05) is 11.5 Å². The van der Waals surface area contributed by atoms with Gasteiger partial charge in [-0.1, -0.05) is 6.07 Å². The van der Waals surface area contributed by atoms with Crippen molar-refractivity contribution in [3.8, 4) is 5.75 Å². The van der Waals surface area contributed by atoms with Gasteiger partial charge >= 0.3 is 0 Å². The molecule has 0 saturated carbocycles. The zero-order valence-corrected chi connectivity index (χ0v) is 12.8. The molecule has 1 aromatic heterocycles. The molecule has 1 saturated heterocycles. The van der Waals surface area contributed by atoms with Gasteiger partial charge in [-0.05, 0) is 31.2 Å². The highest BCUT2D eigenvalue weighted by Crippen LogP contribution is 2.26. The molecule has 2 aromatic rings. The van der Waals surface area contributed by atoms with Crippen LogP contribution in [0.25, 0.3) is 0 Å². The third-order valence-corrected chi connectivity index (χ3v) is 3.64. The van der Waals surface area contributed by atoms with E-state index in [9.17, 15) is 9.59 Å². The summed E-state index contributed by atoms with van der Waals surface area (Å²) in [5.74, 6) is 0.885. The number of rotatable bonds is 6. The van der Waals surface area contributed by atoms with Crippen molar-refractivity contribution in [1.82, 2.24) is 5.32 Å². The van der Waals surface area contributed by atoms with Crippen LogP contribution in [0.1, 0.15) is 19.1 Å².